The molecule has 9 nitrogen and oxygen atoms in total. The Kier molecular flexibility index (Phi) is 4.97. The van der Waals surface area contributed by atoms with Crippen LogP contribution in [0.1, 0.15) is 44.6 Å². The predicted molar refractivity (Wildman–Crippen MR) is 112 cm³/mol. The lowest BCUT2D eigenvalue weighted by atomic mass is 9.54. The molecule has 5 rings (SSSR count). The molecule has 29 heavy (non-hydrogen) atoms. The fraction of sp³-hybridized carbons (Fsp3) is 0.550. The summed E-state index contributed by atoms with van der Waals surface area (Å²) in [5.41, 5.74) is 11.7. The van der Waals surface area contributed by atoms with Gasteiger partial charge in [0.1, 0.15) is 29.5 Å². The lowest BCUT2D eigenvalue weighted by Crippen LogP contribution is -2.51. The van der Waals surface area contributed by atoms with E-state index in [-0.39, 0.29) is 29.0 Å². The molecule has 1 aromatic heterocycles. The molecule has 4 fully saturated rings. The van der Waals surface area contributed by atoms with Crippen molar-refractivity contribution >= 4 is 29.1 Å². The maximum Gasteiger partial charge on any atom is 0.275 e. The van der Waals surface area contributed by atoms with E-state index >= 15 is 0 Å². The lowest BCUT2D eigenvalue weighted by molar-refractivity contribution is -0.113. The van der Waals surface area contributed by atoms with Crippen molar-refractivity contribution in [3.63, 3.8) is 0 Å². The smallest absolute Gasteiger partial charge is 0.275 e. The quantitative estimate of drug-likeness (QED) is 0.327. The van der Waals surface area contributed by atoms with E-state index in [4.69, 9.17) is 22.3 Å². The second-order valence-electron chi connectivity index (χ2n) is 8.71. The topological polar surface area (TPSA) is 167 Å². The zero-order valence-electron chi connectivity index (χ0n) is 16.5. The summed E-state index contributed by atoms with van der Waals surface area (Å²) in [7, 11) is 0. The van der Waals surface area contributed by atoms with Gasteiger partial charge in [0.05, 0.1) is 5.56 Å². The Hall–Kier alpha value is -2.97. The normalized spacial score (nSPS) is 30.1. The monoisotopic (exact) mass is 396 g/mol. The number of carbonyl (C=O) groups excluding carboxylic acids is 1. The number of amidine groups is 1. The summed E-state index contributed by atoms with van der Waals surface area (Å²) in [6.07, 6.45) is 8.98. The number of nitrogen functional groups attached to an aromatic ring is 1. The largest absolute Gasteiger partial charge is 0.402 e. The first-order valence-electron chi connectivity index (χ1n) is 10.1. The van der Waals surface area contributed by atoms with Crippen LogP contribution in [-0.2, 0) is 4.79 Å². The highest BCUT2D eigenvalue weighted by molar-refractivity contribution is 6.48. The second kappa shape index (κ2) is 7.46. The van der Waals surface area contributed by atoms with Gasteiger partial charge in [-0.2, -0.15) is 0 Å². The molecule has 0 atom stereocenters. The summed E-state index contributed by atoms with van der Waals surface area (Å²) in [5.74, 6) is 2.45. The van der Waals surface area contributed by atoms with Crippen molar-refractivity contribution in [2.75, 3.05) is 11.1 Å². The SMILES string of the molecule is C/C(N)=C/C(=N)NC(=O)C(=N)c1c(N)ncnc1NC1C2CC3CC(C2)CC1C3. The number of amides is 1. The van der Waals surface area contributed by atoms with Crippen LogP contribution in [0, 0.1) is 34.5 Å². The predicted octanol–water partition coefficient (Wildman–Crippen LogP) is 1.62. The van der Waals surface area contributed by atoms with Gasteiger partial charge >= 0.3 is 0 Å². The maximum atomic E-state index is 12.5. The molecule has 0 spiro atoms. The van der Waals surface area contributed by atoms with Crippen LogP contribution in [0.25, 0.3) is 0 Å². The van der Waals surface area contributed by atoms with Gasteiger partial charge in [0, 0.05) is 11.7 Å². The third kappa shape index (κ3) is 3.81. The Morgan fingerprint density at radius 1 is 1.14 bits per heavy atom. The molecule has 0 radical (unpaired) electrons. The third-order valence-corrected chi connectivity index (χ3v) is 6.50. The van der Waals surface area contributed by atoms with E-state index < -0.39 is 5.91 Å². The van der Waals surface area contributed by atoms with Gasteiger partial charge in [-0.3, -0.25) is 15.6 Å². The molecule has 4 aliphatic rings. The van der Waals surface area contributed by atoms with Crippen LogP contribution in [0.5, 0.6) is 0 Å². The molecule has 1 heterocycles. The van der Waals surface area contributed by atoms with Gasteiger partial charge in [-0.1, -0.05) is 0 Å². The van der Waals surface area contributed by atoms with Crippen molar-refractivity contribution in [1.29, 1.82) is 10.8 Å². The van der Waals surface area contributed by atoms with E-state index in [1.807, 2.05) is 0 Å². The van der Waals surface area contributed by atoms with E-state index in [0.717, 1.165) is 11.8 Å². The summed E-state index contributed by atoms with van der Waals surface area (Å²) < 4.78 is 0. The maximum absolute atomic E-state index is 12.5. The van der Waals surface area contributed by atoms with Crippen LogP contribution in [0.3, 0.4) is 0 Å². The fourth-order valence-corrected chi connectivity index (χ4v) is 5.64. The second-order valence-corrected chi connectivity index (χ2v) is 8.71. The van der Waals surface area contributed by atoms with Gasteiger partial charge in [-0.15, -0.1) is 0 Å². The number of nitrogens with two attached hydrogens (primary N) is 2. The summed E-state index contributed by atoms with van der Waals surface area (Å²) in [4.78, 5) is 20.8. The number of rotatable bonds is 5. The molecule has 8 N–H and O–H groups in total. The van der Waals surface area contributed by atoms with Crippen LogP contribution in [0.4, 0.5) is 11.6 Å². The zero-order chi connectivity index (χ0) is 20.7. The molecular formula is C20H28N8O. The standard InChI is InChI=1S/C20H28N8O/c1-9(21)2-14(22)27-20(29)16(23)15-18(24)25-8-26-19(15)28-17-12-4-10-3-11(6-12)7-13(17)5-10/h2,8,10-13,17,23H,3-7,21H2,1H3,(H2,22,27,29)(H3,24,25,26,28)/b9-2-,23-16?. The number of allylic oxidation sites excluding steroid dienone is 1. The van der Waals surface area contributed by atoms with E-state index in [0.29, 0.717) is 23.4 Å². The first kappa shape index (κ1) is 19.4. The summed E-state index contributed by atoms with van der Waals surface area (Å²) in [6, 6.07) is 0.285. The number of hydrogen-bond donors (Lipinski definition) is 6. The Labute approximate surface area is 169 Å². The van der Waals surface area contributed by atoms with Gasteiger partial charge in [-0.05, 0) is 68.8 Å². The first-order valence-corrected chi connectivity index (χ1v) is 10.1. The minimum Gasteiger partial charge on any atom is -0.402 e. The van der Waals surface area contributed by atoms with Crippen molar-refractivity contribution in [2.24, 2.45) is 29.4 Å². The molecule has 0 unspecified atom stereocenters. The molecular weight excluding hydrogens is 368 g/mol. The molecule has 4 bridgehead atoms. The van der Waals surface area contributed by atoms with Gasteiger partial charge in [-0.25, -0.2) is 9.97 Å². The number of carbonyl (C=O) groups is 1. The number of aromatic nitrogens is 2. The number of nitrogens with zero attached hydrogens (tertiary/aromatic N) is 2. The zero-order valence-corrected chi connectivity index (χ0v) is 16.5. The Balaban J connectivity index is 1.54. The van der Waals surface area contributed by atoms with Gasteiger partial charge < -0.3 is 22.1 Å². The fourth-order valence-electron chi connectivity index (χ4n) is 5.64. The minimum absolute atomic E-state index is 0.0727. The summed E-state index contributed by atoms with van der Waals surface area (Å²) in [6.45, 7) is 1.61. The van der Waals surface area contributed by atoms with E-state index in [9.17, 15) is 4.79 Å². The first-order chi connectivity index (χ1) is 13.8. The van der Waals surface area contributed by atoms with Gasteiger partial charge in [0.15, 0.2) is 0 Å². The molecule has 0 saturated heterocycles. The molecule has 0 aromatic carbocycles. The van der Waals surface area contributed by atoms with Crippen LogP contribution >= 0.6 is 0 Å². The summed E-state index contributed by atoms with van der Waals surface area (Å²) in [5, 5.41) is 22.0. The molecule has 154 valence electrons. The van der Waals surface area contributed by atoms with E-state index in [1.54, 1.807) is 6.92 Å². The minimum atomic E-state index is -0.748. The molecule has 4 aliphatic carbocycles. The highest BCUT2D eigenvalue weighted by Gasteiger charge is 2.48. The van der Waals surface area contributed by atoms with Crippen molar-refractivity contribution < 1.29 is 4.79 Å². The lowest BCUT2D eigenvalue weighted by Gasteiger charge is -2.54. The average Bonchev–Trinajstić information content (AvgIpc) is 2.63. The molecule has 1 amide bonds. The highest BCUT2D eigenvalue weighted by Crippen LogP contribution is 2.54. The summed E-state index contributed by atoms with van der Waals surface area (Å²) >= 11 is 0. The number of nitrogens with one attached hydrogen (secondary N) is 4. The number of anilines is 2. The number of hydrogen-bond acceptors (Lipinski definition) is 8. The van der Waals surface area contributed by atoms with Crippen LogP contribution in [0.2, 0.25) is 0 Å². The van der Waals surface area contributed by atoms with Crippen LogP contribution in [-0.4, -0.2) is 33.5 Å². The van der Waals surface area contributed by atoms with Gasteiger partial charge in [0.2, 0.25) is 0 Å². The third-order valence-electron chi connectivity index (χ3n) is 6.50. The molecule has 0 aliphatic heterocycles. The van der Waals surface area contributed by atoms with Crippen LogP contribution < -0.4 is 22.1 Å². The molecule has 1 aromatic rings. The molecule has 9 heteroatoms. The van der Waals surface area contributed by atoms with E-state index in [2.05, 4.69) is 20.6 Å². The van der Waals surface area contributed by atoms with Crippen molar-refractivity contribution in [3.8, 4) is 0 Å². The Bertz CT molecular complexity index is 860. The Morgan fingerprint density at radius 3 is 2.34 bits per heavy atom. The molecule has 4 saturated carbocycles. The van der Waals surface area contributed by atoms with Crippen LogP contribution in [0.15, 0.2) is 18.1 Å². The van der Waals surface area contributed by atoms with Gasteiger partial charge in [0.25, 0.3) is 5.91 Å². The van der Waals surface area contributed by atoms with Crippen molar-refractivity contribution in [1.82, 2.24) is 15.3 Å². The van der Waals surface area contributed by atoms with Crippen molar-refractivity contribution in [3.05, 3.63) is 23.7 Å². The van der Waals surface area contributed by atoms with E-state index in [1.165, 1.54) is 44.5 Å². The van der Waals surface area contributed by atoms with Crippen molar-refractivity contribution in [2.45, 2.75) is 45.1 Å². The highest BCUT2D eigenvalue weighted by atomic mass is 16.1. The Morgan fingerprint density at radius 2 is 1.76 bits per heavy atom. The average molecular weight is 396 g/mol.